The maximum absolute atomic E-state index is 12.3. The Bertz CT molecular complexity index is 1180. The molecular formula is C18H21N5O5S. The lowest BCUT2D eigenvalue weighted by Crippen LogP contribution is -2.28. The van der Waals surface area contributed by atoms with E-state index in [0.29, 0.717) is 25.2 Å². The van der Waals surface area contributed by atoms with E-state index in [1.165, 1.54) is 47.5 Å². The molecule has 1 aromatic carbocycles. The topological polar surface area (TPSA) is 115 Å². The fourth-order valence-electron chi connectivity index (χ4n) is 2.69. The Morgan fingerprint density at radius 3 is 2.76 bits per heavy atom. The van der Waals surface area contributed by atoms with Gasteiger partial charge in [-0.05, 0) is 36.8 Å². The van der Waals surface area contributed by atoms with Crippen molar-refractivity contribution in [2.45, 2.75) is 17.9 Å². The number of hydrogen-bond donors (Lipinski definition) is 1. The summed E-state index contributed by atoms with van der Waals surface area (Å²) in [4.78, 5) is 29.2. The third-order valence-corrected chi connectivity index (χ3v) is 5.99. The first-order chi connectivity index (χ1) is 13.8. The third-order valence-electron chi connectivity index (χ3n) is 4.31. The maximum Gasteiger partial charge on any atom is 0.350 e. The molecule has 11 heteroatoms. The third kappa shape index (κ3) is 4.36. The van der Waals surface area contributed by atoms with Gasteiger partial charge in [0.15, 0.2) is 5.65 Å². The molecule has 0 bridgehead atoms. The Balaban J connectivity index is 1.60. The fourth-order valence-corrected chi connectivity index (χ4v) is 3.71. The molecule has 3 aromatic rings. The average Bonchev–Trinajstić information content (AvgIpc) is 3.06. The van der Waals surface area contributed by atoms with Crippen LogP contribution in [0.4, 0.5) is 0 Å². The number of amides is 1. The van der Waals surface area contributed by atoms with Crippen LogP contribution in [0.15, 0.2) is 58.4 Å². The molecule has 1 amide bonds. The first-order valence-corrected chi connectivity index (χ1v) is 10.2. The number of fused-ring (bicyclic) bond motifs is 1. The molecule has 0 spiro atoms. The van der Waals surface area contributed by atoms with Crippen molar-refractivity contribution in [1.82, 2.24) is 24.0 Å². The quantitative estimate of drug-likeness (QED) is 0.420. The Morgan fingerprint density at radius 2 is 2.03 bits per heavy atom. The van der Waals surface area contributed by atoms with Gasteiger partial charge in [0.1, 0.15) is 0 Å². The molecule has 0 unspecified atom stereocenters. The van der Waals surface area contributed by atoms with Crippen molar-refractivity contribution >= 4 is 21.6 Å². The smallest absolute Gasteiger partial charge is 0.350 e. The Hall–Kier alpha value is -3.02. The van der Waals surface area contributed by atoms with Crippen LogP contribution in [0.1, 0.15) is 16.8 Å². The van der Waals surface area contributed by atoms with Gasteiger partial charge in [-0.15, -0.1) is 5.10 Å². The van der Waals surface area contributed by atoms with Gasteiger partial charge in [-0.3, -0.25) is 14.0 Å². The fraction of sp³-hybridized carbons (Fsp3) is 0.278. The largest absolute Gasteiger partial charge is 0.352 e. The van der Waals surface area contributed by atoms with E-state index in [-0.39, 0.29) is 16.1 Å². The summed E-state index contributed by atoms with van der Waals surface area (Å²) in [5, 5.41) is 6.94. The molecule has 2 aromatic heterocycles. The number of aromatic nitrogens is 3. The second-order valence-corrected chi connectivity index (χ2v) is 8.10. The monoisotopic (exact) mass is 419 g/mol. The Morgan fingerprint density at radius 1 is 1.24 bits per heavy atom. The molecule has 0 aliphatic rings. The predicted octanol–water partition coefficient (Wildman–Crippen LogP) is 0.498. The van der Waals surface area contributed by atoms with Gasteiger partial charge in [0, 0.05) is 31.9 Å². The standard InChI is InChI=1S/C18H21N5O5S/c1-21(28-2)29(26,27)15-8-5-7-14(13-15)17(24)19-10-6-12-23-18(25)22-11-4-3-9-16(22)20-23/h3-5,7-9,11,13H,6,10,12H2,1-2H3,(H,19,24). The van der Waals surface area contributed by atoms with Crippen LogP contribution in [0.5, 0.6) is 0 Å². The van der Waals surface area contributed by atoms with Crippen LogP contribution in [-0.4, -0.2) is 53.7 Å². The number of nitrogens with one attached hydrogen (secondary N) is 1. The first-order valence-electron chi connectivity index (χ1n) is 8.80. The highest BCUT2D eigenvalue weighted by atomic mass is 32.2. The van der Waals surface area contributed by atoms with Crippen molar-refractivity contribution in [1.29, 1.82) is 0 Å². The summed E-state index contributed by atoms with van der Waals surface area (Å²) in [5.41, 5.74) is 0.521. The lowest BCUT2D eigenvalue weighted by molar-refractivity contribution is -0.0258. The average molecular weight is 419 g/mol. The molecule has 0 radical (unpaired) electrons. The molecule has 10 nitrogen and oxygen atoms in total. The van der Waals surface area contributed by atoms with E-state index < -0.39 is 15.9 Å². The van der Waals surface area contributed by atoms with Crippen molar-refractivity contribution in [2.75, 3.05) is 20.7 Å². The second-order valence-electron chi connectivity index (χ2n) is 6.17. The van der Waals surface area contributed by atoms with E-state index in [0.717, 1.165) is 4.47 Å². The van der Waals surface area contributed by atoms with Crippen LogP contribution in [0.25, 0.3) is 5.65 Å². The van der Waals surface area contributed by atoms with Crippen LogP contribution in [0.2, 0.25) is 0 Å². The molecule has 0 aliphatic heterocycles. The molecule has 154 valence electrons. The van der Waals surface area contributed by atoms with E-state index in [2.05, 4.69) is 10.4 Å². The van der Waals surface area contributed by atoms with Gasteiger partial charge >= 0.3 is 5.69 Å². The summed E-state index contributed by atoms with van der Waals surface area (Å²) in [6, 6.07) is 11.0. The van der Waals surface area contributed by atoms with Gasteiger partial charge < -0.3 is 5.32 Å². The van der Waals surface area contributed by atoms with Gasteiger partial charge in [-0.2, -0.15) is 0 Å². The van der Waals surface area contributed by atoms with Gasteiger partial charge in [-0.1, -0.05) is 16.6 Å². The number of benzene rings is 1. The minimum atomic E-state index is -3.84. The summed E-state index contributed by atoms with van der Waals surface area (Å²) < 4.78 is 28.1. The summed E-state index contributed by atoms with van der Waals surface area (Å²) in [7, 11) is -1.34. The summed E-state index contributed by atoms with van der Waals surface area (Å²) in [6.45, 7) is 0.641. The molecule has 0 fully saturated rings. The number of hydrogen-bond acceptors (Lipinski definition) is 6. The highest BCUT2D eigenvalue weighted by Gasteiger charge is 2.21. The van der Waals surface area contributed by atoms with Gasteiger partial charge in [0.25, 0.3) is 15.9 Å². The molecule has 0 aliphatic carbocycles. The number of rotatable bonds is 8. The van der Waals surface area contributed by atoms with E-state index in [4.69, 9.17) is 4.84 Å². The minimum Gasteiger partial charge on any atom is -0.352 e. The normalized spacial score (nSPS) is 11.8. The summed E-state index contributed by atoms with van der Waals surface area (Å²) >= 11 is 0. The van der Waals surface area contributed by atoms with Gasteiger partial charge in [0.2, 0.25) is 0 Å². The van der Waals surface area contributed by atoms with Gasteiger partial charge in [-0.25, -0.2) is 17.9 Å². The van der Waals surface area contributed by atoms with Gasteiger partial charge in [0.05, 0.1) is 12.0 Å². The Labute approximate surface area is 167 Å². The van der Waals surface area contributed by atoms with E-state index in [1.807, 2.05) is 0 Å². The minimum absolute atomic E-state index is 0.0502. The lowest BCUT2D eigenvalue weighted by Gasteiger charge is -2.14. The molecule has 2 heterocycles. The van der Waals surface area contributed by atoms with Crippen molar-refractivity contribution in [3.8, 4) is 0 Å². The second kappa shape index (κ2) is 8.55. The Kier molecular flexibility index (Phi) is 6.11. The van der Waals surface area contributed by atoms with Crippen molar-refractivity contribution in [3.05, 3.63) is 64.7 Å². The number of aryl methyl sites for hydroxylation is 1. The molecule has 1 N–H and O–H groups in total. The molecule has 29 heavy (non-hydrogen) atoms. The van der Waals surface area contributed by atoms with Crippen molar-refractivity contribution in [3.63, 3.8) is 0 Å². The van der Waals surface area contributed by atoms with Crippen molar-refractivity contribution in [2.24, 2.45) is 0 Å². The van der Waals surface area contributed by atoms with Crippen LogP contribution >= 0.6 is 0 Å². The molecule has 3 rings (SSSR count). The zero-order valence-corrected chi connectivity index (χ0v) is 16.8. The summed E-state index contributed by atoms with van der Waals surface area (Å²) in [5.74, 6) is -0.413. The first kappa shape index (κ1) is 20.7. The van der Waals surface area contributed by atoms with E-state index in [1.54, 1.807) is 24.4 Å². The maximum atomic E-state index is 12.3. The molecular weight excluding hydrogens is 398 g/mol. The zero-order chi connectivity index (χ0) is 21.0. The van der Waals surface area contributed by atoms with Crippen LogP contribution < -0.4 is 11.0 Å². The molecule has 0 saturated carbocycles. The van der Waals surface area contributed by atoms with Crippen LogP contribution in [0.3, 0.4) is 0 Å². The number of carbonyl (C=O) groups excluding carboxylic acids is 1. The van der Waals surface area contributed by atoms with Crippen molar-refractivity contribution < 1.29 is 18.0 Å². The number of carbonyl (C=O) groups is 1. The highest BCUT2D eigenvalue weighted by molar-refractivity contribution is 7.89. The number of hydroxylamine groups is 1. The molecule has 0 atom stereocenters. The number of sulfonamides is 1. The summed E-state index contributed by atoms with van der Waals surface area (Å²) in [6.07, 6.45) is 2.13. The van der Waals surface area contributed by atoms with E-state index in [9.17, 15) is 18.0 Å². The molecule has 0 saturated heterocycles. The van der Waals surface area contributed by atoms with Crippen LogP contribution in [0, 0.1) is 0 Å². The number of pyridine rings is 1. The predicted molar refractivity (Wildman–Crippen MR) is 105 cm³/mol. The highest BCUT2D eigenvalue weighted by Crippen LogP contribution is 2.16. The van der Waals surface area contributed by atoms with E-state index >= 15 is 0 Å². The SMILES string of the molecule is CON(C)S(=O)(=O)c1cccc(C(=O)NCCCn2nc3ccccn3c2=O)c1. The number of nitrogens with zero attached hydrogens (tertiary/aromatic N) is 4. The van der Waals surface area contributed by atoms with Crippen LogP contribution in [-0.2, 0) is 21.4 Å². The zero-order valence-electron chi connectivity index (χ0n) is 16.0. The lowest BCUT2D eigenvalue weighted by atomic mass is 10.2.